The number of fused-ring (bicyclic) bond motifs is 1. The van der Waals surface area contributed by atoms with Crippen molar-refractivity contribution in [3.8, 4) is 0 Å². The van der Waals surface area contributed by atoms with Gasteiger partial charge in [-0.25, -0.2) is 4.98 Å². The summed E-state index contributed by atoms with van der Waals surface area (Å²) in [6.07, 6.45) is 6.12. The molecule has 1 unspecified atom stereocenters. The van der Waals surface area contributed by atoms with Gasteiger partial charge < -0.3 is 10.6 Å². The Morgan fingerprint density at radius 2 is 2.06 bits per heavy atom. The van der Waals surface area contributed by atoms with Crippen LogP contribution in [-0.4, -0.2) is 18.1 Å². The maximum Gasteiger partial charge on any atom is 0.185 e. The molecule has 0 amide bonds. The van der Waals surface area contributed by atoms with Crippen LogP contribution >= 0.6 is 11.3 Å². The highest BCUT2D eigenvalue weighted by molar-refractivity contribution is 7.15. The van der Waals surface area contributed by atoms with Gasteiger partial charge in [0, 0.05) is 24.0 Å². The molecule has 2 aliphatic rings. The van der Waals surface area contributed by atoms with Crippen molar-refractivity contribution >= 4 is 16.5 Å². The number of aryl methyl sites for hydroxylation is 1. The molecule has 94 valence electrons. The SMILES string of the molecule is CC1CCN(c2nc3c(s2)CCCC3N)CC1. The van der Waals surface area contributed by atoms with Crippen molar-refractivity contribution in [2.45, 2.75) is 45.1 Å². The van der Waals surface area contributed by atoms with Crippen molar-refractivity contribution < 1.29 is 0 Å². The molecule has 0 saturated carbocycles. The van der Waals surface area contributed by atoms with E-state index < -0.39 is 0 Å². The molecule has 3 rings (SSSR count). The lowest BCUT2D eigenvalue weighted by atomic mass is 9.98. The minimum absolute atomic E-state index is 0.187. The number of rotatable bonds is 1. The van der Waals surface area contributed by atoms with Gasteiger partial charge in [-0.15, -0.1) is 11.3 Å². The molecule has 1 aliphatic carbocycles. The fourth-order valence-electron chi connectivity index (χ4n) is 2.77. The minimum atomic E-state index is 0.187. The number of anilines is 1. The molecule has 4 heteroatoms. The highest BCUT2D eigenvalue weighted by atomic mass is 32.1. The van der Waals surface area contributed by atoms with E-state index in [1.807, 2.05) is 11.3 Å². The lowest BCUT2D eigenvalue weighted by Gasteiger charge is -2.29. The van der Waals surface area contributed by atoms with Crippen molar-refractivity contribution in [2.24, 2.45) is 11.7 Å². The lowest BCUT2D eigenvalue weighted by molar-refractivity contribution is 0.437. The average molecular weight is 251 g/mol. The normalized spacial score (nSPS) is 26.0. The Morgan fingerprint density at radius 1 is 1.29 bits per heavy atom. The Balaban J connectivity index is 1.80. The van der Waals surface area contributed by atoms with E-state index in [-0.39, 0.29) is 6.04 Å². The van der Waals surface area contributed by atoms with Gasteiger partial charge in [0.25, 0.3) is 0 Å². The lowest BCUT2D eigenvalue weighted by Crippen LogP contribution is -2.32. The van der Waals surface area contributed by atoms with Crippen LogP contribution in [0.5, 0.6) is 0 Å². The second kappa shape index (κ2) is 4.58. The van der Waals surface area contributed by atoms with Crippen LogP contribution in [0.2, 0.25) is 0 Å². The summed E-state index contributed by atoms with van der Waals surface area (Å²) < 4.78 is 0. The zero-order chi connectivity index (χ0) is 11.8. The van der Waals surface area contributed by atoms with Crippen LogP contribution < -0.4 is 10.6 Å². The first-order chi connectivity index (χ1) is 8.24. The van der Waals surface area contributed by atoms with Crippen LogP contribution in [0.3, 0.4) is 0 Å². The monoisotopic (exact) mass is 251 g/mol. The summed E-state index contributed by atoms with van der Waals surface area (Å²) >= 11 is 1.88. The summed E-state index contributed by atoms with van der Waals surface area (Å²) in [6, 6.07) is 0.187. The molecule has 3 nitrogen and oxygen atoms in total. The molecule has 1 saturated heterocycles. The topological polar surface area (TPSA) is 42.2 Å². The minimum Gasteiger partial charge on any atom is -0.348 e. The molecule has 1 fully saturated rings. The molecule has 0 bridgehead atoms. The molecule has 0 radical (unpaired) electrons. The van der Waals surface area contributed by atoms with E-state index >= 15 is 0 Å². The molecule has 2 N–H and O–H groups in total. The second-order valence-corrected chi connectivity index (χ2v) is 6.54. The van der Waals surface area contributed by atoms with Gasteiger partial charge in [0.1, 0.15) is 0 Å². The fraction of sp³-hybridized carbons (Fsp3) is 0.769. The summed E-state index contributed by atoms with van der Waals surface area (Å²) in [5, 5.41) is 1.22. The summed E-state index contributed by atoms with van der Waals surface area (Å²) in [6.45, 7) is 4.69. The number of nitrogens with zero attached hydrogens (tertiary/aromatic N) is 2. The van der Waals surface area contributed by atoms with Crippen LogP contribution in [0.4, 0.5) is 5.13 Å². The molecule has 0 spiro atoms. The van der Waals surface area contributed by atoms with Crippen molar-refractivity contribution in [2.75, 3.05) is 18.0 Å². The Labute approximate surface area is 107 Å². The smallest absolute Gasteiger partial charge is 0.185 e. The fourth-order valence-corrected chi connectivity index (χ4v) is 4.00. The number of hydrogen-bond donors (Lipinski definition) is 1. The maximum atomic E-state index is 6.14. The second-order valence-electron chi connectivity index (χ2n) is 5.47. The van der Waals surface area contributed by atoms with Gasteiger partial charge in [-0.1, -0.05) is 6.92 Å². The Hall–Kier alpha value is -0.610. The molecule has 0 aromatic carbocycles. The molecule has 1 aliphatic heterocycles. The van der Waals surface area contributed by atoms with Gasteiger partial charge in [-0.05, 0) is 38.0 Å². The quantitative estimate of drug-likeness (QED) is 0.834. The standard InChI is InChI=1S/C13H21N3S/c1-9-5-7-16(8-6-9)13-15-12-10(14)3-2-4-11(12)17-13/h9-10H,2-8,14H2,1H3. The number of hydrogen-bond acceptors (Lipinski definition) is 4. The summed E-state index contributed by atoms with van der Waals surface area (Å²) in [5.41, 5.74) is 7.33. The van der Waals surface area contributed by atoms with Crippen LogP contribution in [0.1, 0.15) is 49.2 Å². The van der Waals surface area contributed by atoms with Crippen molar-refractivity contribution in [3.63, 3.8) is 0 Å². The van der Waals surface area contributed by atoms with E-state index in [0.29, 0.717) is 0 Å². The molecule has 1 aromatic rings. The number of piperidine rings is 1. The molecular weight excluding hydrogens is 230 g/mol. The zero-order valence-corrected chi connectivity index (χ0v) is 11.3. The van der Waals surface area contributed by atoms with Gasteiger partial charge in [0.05, 0.1) is 5.69 Å². The average Bonchev–Trinajstić information content (AvgIpc) is 2.75. The predicted octanol–water partition coefficient (Wildman–Crippen LogP) is 2.72. The summed E-state index contributed by atoms with van der Waals surface area (Å²) in [4.78, 5) is 8.70. The third-order valence-corrected chi connectivity index (χ3v) is 5.23. The number of nitrogens with two attached hydrogens (primary N) is 1. The Kier molecular flexibility index (Phi) is 3.09. The Bertz CT molecular complexity index is 393. The van der Waals surface area contributed by atoms with Crippen molar-refractivity contribution in [3.05, 3.63) is 10.6 Å². The van der Waals surface area contributed by atoms with Gasteiger partial charge in [-0.3, -0.25) is 0 Å². The molecule has 2 heterocycles. The van der Waals surface area contributed by atoms with Gasteiger partial charge in [-0.2, -0.15) is 0 Å². The first-order valence-electron chi connectivity index (χ1n) is 6.74. The van der Waals surface area contributed by atoms with E-state index in [1.165, 1.54) is 54.5 Å². The van der Waals surface area contributed by atoms with Crippen LogP contribution in [0.15, 0.2) is 0 Å². The third-order valence-electron chi connectivity index (χ3n) is 4.04. The molecule has 1 aromatic heterocycles. The van der Waals surface area contributed by atoms with Gasteiger partial charge >= 0.3 is 0 Å². The summed E-state index contributed by atoms with van der Waals surface area (Å²) in [7, 11) is 0. The van der Waals surface area contributed by atoms with E-state index in [1.54, 1.807) is 0 Å². The van der Waals surface area contributed by atoms with Crippen molar-refractivity contribution in [1.29, 1.82) is 0 Å². The van der Waals surface area contributed by atoms with E-state index in [9.17, 15) is 0 Å². The molecule has 17 heavy (non-hydrogen) atoms. The van der Waals surface area contributed by atoms with E-state index in [2.05, 4.69) is 11.8 Å². The highest BCUT2D eigenvalue weighted by Crippen LogP contribution is 2.36. The van der Waals surface area contributed by atoms with Crippen LogP contribution in [-0.2, 0) is 6.42 Å². The highest BCUT2D eigenvalue weighted by Gasteiger charge is 2.25. The molecule has 1 atom stereocenters. The third kappa shape index (κ3) is 2.20. The van der Waals surface area contributed by atoms with E-state index in [4.69, 9.17) is 10.7 Å². The van der Waals surface area contributed by atoms with E-state index in [0.717, 1.165) is 12.3 Å². The van der Waals surface area contributed by atoms with Crippen LogP contribution in [0.25, 0.3) is 0 Å². The Morgan fingerprint density at radius 3 is 2.76 bits per heavy atom. The molecular formula is C13H21N3S. The first kappa shape index (κ1) is 11.5. The van der Waals surface area contributed by atoms with Gasteiger partial charge in [0.15, 0.2) is 5.13 Å². The first-order valence-corrected chi connectivity index (χ1v) is 7.56. The summed E-state index contributed by atoms with van der Waals surface area (Å²) in [5.74, 6) is 0.878. The van der Waals surface area contributed by atoms with Gasteiger partial charge in [0.2, 0.25) is 0 Å². The zero-order valence-electron chi connectivity index (χ0n) is 10.5. The van der Waals surface area contributed by atoms with Crippen LogP contribution in [0, 0.1) is 5.92 Å². The predicted molar refractivity (Wildman–Crippen MR) is 72.6 cm³/mol. The maximum absolute atomic E-state index is 6.14. The number of thiazole rings is 1. The number of aromatic nitrogens is 1. The van der Waals surface area contributed by atoms with Crippen molar-refractivity contribution in [1.82, 2.24) is 4.98 Å². The largest absolute Gasteiger partial charge is 0.348 e.